The molecule has 68 valence electrons. The average Bonchev–Trinajstić information content (AvgIpc) is 2.32. The van der Waals surface area contributed by atoms with Gasteiger partial charge in [0.15, 0.2) is 0 Å². The summed E-state index contributed by atoms with van der Waals surface area (Å²) >= 11 is 0. The number of rotatable bonds is 1. The van der Waals surface area contributed by atoms with E-state index in [0.717, 1.165) is 0 Å². The molecule has 0 aromatic carbocycles. The van der Waals surface area contributed by atoms with Crippen LogP contribution in [0, 0.1) is 5.41 Å². The molecule has 0 radical (unpaired) electrons. The molecule has 0 fully saturated rings. The molecular formula is C10H18N2. The highest BCUT2D eigenvalue weighted by Gasteiger charge is 2.23. The number of aromatic nitrogens is 2. The molecule has 1 heterocycles. The second-order valence-electron chi connectivity index (χ2n) is 4.50. The smallest absolute Gasteiger partial charge is 0.0657 e. The van der Waals surface area contributed by atoms with Crippen molar-refractivity contribution in [3.63, 3.8) is 0 Å². The van der Waals surface area contributed by atoms with Gasteiger partial charge < -0.3 is 0 Å². The van der Waals surface area contributed by atoms with Crippen molar-refractivity contribution in [1.29, 1.82) is 0 Å². The maximum absolute atomic E-state index is 4.39. The predicted octanol–water partition coefficient (Wildman–Crippen LogP) is 2.57. The third-order valence-electron chi connectivity index (χ3n) is 2.48. The fourth-order valence-corrected chi connectivity index (χ4v) is 1.11. The highest BCUT2D eigenvalue weighted by molar-refractivity contribution is 5.08. The minimum Gasteiger partial charge on any atom is -0.276 e. The van der Waals surface area contributed by atoms with Gasteiger partial charge in [-0.25, -0.2) is 0 Å². The van der Waals surface area contributed by atoms with E-state index in [4.69, 9.17) is 0 Å². The Balaban J connectivity index is 2.85. The van der Waals surface area contributed by atoms with Crippen molar-refractivity contribution in [2.45, 2.75) is 33.6 Å². The van der Waals surface area contributed by atoms with Crippen LogP contribution >= 0.6 is 0 Å². The molecule has 0 saturated carbocycles. The monoisotopic (exact) mass is 166 g/mol. The van der Waals surface area contributed by atoms with E-state index in [1.54, 1.807) is 0 Å². The second-order valence-corrected chi connectivity index (χ2v) is 4.50. The van der Waals surface area contributed by atoms with Crippen LogP contribution < -0.4 is 0 Å². The molecule has 0 bridgehead atoms. The van der Waals surface area contributed by atoms with Crippen LogP contribution in [-0.2, 0) is 7.05 Å². The minimum atomic E-state index is 0.300. The molecule has 0 unspecified atom stereocenters. The van der Waals surface area contributed by atoms with E-state index < -0.39 is 0 Å². The topological polar surface area (TPSA) is 17.8 Å². The van der Waals surface area contributed by atoms with E-state index in [2.05, 4.69) is 38.9 Å². The van der Waals surface area contributed by atoms with Crippen molar-refractivity contribution in [3.8, 4) is 0 Å². The van der Waals surface area contributed by atoms with Crippen molar-refractivity contribution in [2.24, 2.45) is 12.5 Å². The maximum Gasteiger partial charge on any atom is 0.0657 e. The molecule has 1 rings (SSSR count). The zero-order chi connectivity index (χ0) is 9.35. The number of nitrogens with zero attached hydrogens (tertiary/aromatic N) is 2. The van der Waals surface area contributed by atoms with Crippen molar-refractivity contribution in [2.75, 3.05) is 0 Å². The van der Waals surface area contributed by atoms with Gasteiger partial charge in [0.2, 0.25) is 0 Å². The first-order valence-electron chi connectivity index (χ1n) is 4.41. The zero-order valence-corrected chi connectivity index (χ0v) is 8.63. The number of aryl methyl sites for hydroxylation is 1. The van der Waals surface area contributed by atoms with Crippen molar-refractivity contribution in [1.82, 2.24) is 9.78 Å². The summed E-state index contributed by atoms with van der Waals surface area (Å²) in [6.45, 7) is 8.95. The summed E-state index contributed by atoms with van der Waals surface area (Å²) in [4.78, 5) is 0. The average molecular weight is 166 g/mol. The van der Waals surface area contributed by atoms with Gasteiger partial charge in [-0.1, -0.05) is 27.7 Å². The first-order chi connectivity index (χ1) is 5.41. The normalized spacial score (nSPS) is 14.8. The third-order valence-corrected chi connectivity index (χ3v) is 2.48. The quantitative estimate of drug-likeness (QED) is 0.627. The molecule has 0 amide bonds. The van der Waals surface area contributed by atoms with Crippen LogP contribution in [-0.4, -0.2) is 9.78 Å². The zero-order valence-electron chi connectivity index (χ0n) is 8.63. The Morgan fingerprint density at radius 3 is 2.33 bits per heavy atom. The van der Waals surface area contributed by atoms with Gasteiger partial charge in [0, 0.05) is 19.2 Å². The maximum atomic E-state index is 4.39. The Labute approximate surface area is 74.6 Å². The first-order valence-corrected chi connectivity index (χ1v) is 4.41. The van der Waals surface area contributed by atoms with Gasteiger partial charge in [-0.3, -0.25) is 4.68 Å². The largest absolute Gasteiger partial charge is 0.276 e. The van der Waals surface area contributed by atoms with Crippen LogP contribution in [0.1, 0.15) is 39.3 Å². The highest BCUT2D eigenvalue weighted by Crippen LogP contribution is 2.32. The van der Waals surface area contributed by atoms with Gasteiger partial charge >= 0.3 is 0 Å². The lowest BCUT2D eigenvalue weighted by Crippen LogP contribution is -2.15. The van der Waals surface area contributed by atoms with E-state index in [1.807, 2.05) is 17.9 Å². The first kappa shape index (κ1) is 9.30. The SMILES string of the molecule is C[C@H](c1ccn(C)n1)C(C)(C)C. The highest BCUT2D eigenvalue weighted by atomic mass is 15.2. The molecule has 0 aliphatic carbocycles. The summed E-state index contributed by atoms with van der Waals surface area (Å²) < 4.78 is 1.86. The Hall–Kier alpha value is -0.790. The predicted molar refractivity (Wildman–Crippen MR) is 51.1 cm³/mol. The summed E-state index contributed by atoms with van der Waals surface area (Å²) in [6.07, 6.45) is 2.00. The lowest BCUT2D eigenvalue weighted by atomic mass is 9.80. The van der Waals surface area contributed by atoms with Crippen LogP contribution in [0.2, 0.25) is 0 Å². The number of hydrogen-bond acceptors (Lipinski definition) is 1. The molecule has 0 saturated heterocycles. The molecule has 0 N–H and O–H groups in total. The molecule has 1 atom stereocenters. The molecule has 12 heavy (non-hydrogen) atoms. The van der Waals surface area contributed by atoms with Crippen LogP contribution in [0.5, 0.6) is 0 Å². The summed E-state index contributed by atoms with van der Waals surface area (Å²) in [5, 5.41) is 4.39. The fourth-order valence-electron chi connectivity index (χ4n) is 1.11. The van der Waals surface area contributed by atoms with E-state index in [-0.39, 0.29) is 0 Å². The number of hydrogen-bond donors (Lipinski definition) is 0. The van der Waals surface area contributed by atoms with Gasteiger partial charge in [0.25, 0.3) is 0 Å². The minimum absolute atomic E-state index is 0.300. The van der Waals surface area contributed by atoms with Crippen LogP contribution in [0.4, 0.5) is 0 Å². The molecule has 0 aliphatic heterocycles. The molecule has 1 aromatic rings. The van der Waals surface area contributed by atoms with Crippen LogP contribution in [0.15, 0.2) is 12.3 Å². The molecule has 1 aromatic heterocycles. The Morgan fingerprint density at radius 1 is 1.42 bits per heavy atom. The molecular weight excluding hydrogens is 148 g/mol. The van der Waals surface area contributed by atoms with E-state index in [0.29, 0.717) is 11.3 Å². The van der Waals surface area contributed by atoms with Crippen LogP contribution in [0.3, 0.4) is 0 Å². The molecule has 0 aliphatic rings. The lowest BCUT2D eigenvalue weighted by Gasteiger charge is -2.25. The van der Waals surface area contributed by atoms with Gasteiger partial charge in [-0.15, -0.1) is 0 Å². The standard InChI is InChI=1S/C10H18N2/c1-8(10(2,3)4)9-6-7-12(5)11-9/h6-8H,1-5H3/t8-/m1/s1. The van der Waals surface area contributed by atoms with Crippen molar-refractivity contribution in [3.05, 3.63) is 18.0 Å². The summed E-state index contributed by atoms with van der Waals surface area (Å²) in [5.74, 6) is 0.513. The second kappa shape index (κ2) is 2.92. The Bertz CT molecular complexity index is 255. The molecule has 2 heteroatoms. The van der Waals surface area contributed by atoms with Gasteiger partial charge in [-0.05, 0) is 11.5 Å². The van der Waals surface area contributed by atoms with Gasteiger partial charge in [0.1, 0.15) is 0 Å². The van der Waals surface area contributed by atoms with Crippen molar-refractivity contribution < 1.29 is 0 Å². The van der Waals surface area contributed by atoms with E-state index in [9.17, 15) is 0 Å². The summed E-state index contributed by atoms with van der Waals surface area (Å²) in [7, 11) is 1.96. The summed E-state index contributed by atoms with van der Waals surface area (Å²) in [6, 6.07) is 2.09. The van der Waals surface area contributed by atoms with Gasteiger partial charge in [0.05, 0.1) is 5.69 Å². The molecule has 0 spiro atoms. The van der Waals surface area contributed by atoms with Crippen LogP contribution in [0.25, 0.3) is 0 Å². The third kappa shape index (κ3) is 1.87. The fraction of sp³-hybridized carbons (Fsp3) is 0.700. The Morgan fingerprint density at radius 2 is 2.00 bits per heavy atom. The van der Waals surface area contributed by atoms with E-state index >= 15 is 0 Å². The van der Waals surface area contributed by atoms with E-state index in [1.165, 1.54) is 5.69 Å². The van der Waals surface area contributed by atoms with Crippen molar-refractivity contribution >= 4 is 0 Å². The molecule has 2 nitrogen and oxygen atoms in total. The summed E-state index contributed by atoms with van der Waals surface area (Å²) in [5.41, 5.74) is 1.49. The lowest BCUT2D eigenvalue weighted by molar-refractivity contribution is 0.332. The van der Waals surface area contributed by atoms with Gasteiger partial charge in [-0.2, -0.15) is 5.10 Å². The Kier molecular flexibility index (Phi) is 2.27.